The van der Waals surface area contributed by atoms with E-state index >= 15 is 0 Å². The van der Waals surface area contributed by atoms with Crippen molar-refractivity contribution in [2.24, 2.45) is 0 Å². The average Bonchev–Trinajstić information content (AvgIpc) is 2.91. The molecule has 0 saturated carbocycles. The predicted molar refractivity (Wildman–Crippen MR) is 81.2 cm³/mol. The van der Waals surface area contributed by atoms with E-state index < -0.39 is 0 Å². The van der Waals surface area contributed by atoms with Crippen molar-refractivity contribution in [3.05, 3.63) is 47.3 Å². The fourth-order valence-corrected chi connectivity index (χ4v) is 2.80. The standard InChI is InChI=1S/C16H21NS/c1-3-10-17-13(2)12-14-6-8-15(9-7-14)16-5-4-11-18-16/h4-9,11,13,17H,3,10,12H2,1-2H3. The molecule has 0 aliphatic carbocycles. The minimum Gasteiger partial charge on any atom is -0.314 e. The van der Waals surface area contributed by atoms with Crippen molar-refractivity contribution in [2.45, 2.75) is 32.7 Å². The van der Waals surface area contributed by atoms with Crippen LogP contribution in [0.1, 0.15) is 25.8 Å². The van der Waals surface area contributed by atoms with Gasteiger partial charge in [0.05, 0.1) is 0 Å². The Bertz CT molecular complexity index is 444. The Labute approximate surface area is 114 Å². The van der Waals surface area contributed by atoms with E-state index in [1.54, 1.807) is 11.3 Å². The summed E-state index contributed by atoms with van der Waals surface area (Å²) in [5, 5.41) is 5.65. The van der Waals surface area contributed by atoms with Crippen molar-refractivity contribution < 1.29 is 0 Å². The van der Waals surface area contributed by atoms with Crippen molar-refractivity contribution in [3.63, 3.8) is 0 Å². The van der Waals surface area contributed by atoms with Crippen molar-refractivity contribution in [1.29, 1.82) is 0 Å². The van der Waals surface area contributed by atoms with E-state index in [-0.39, 0.29) is 0 Å². The molecule has 0 aliphatic heterocycles. The number of rotatable bonds is 6. The molecule has 1 aromatic carbocycles. The van der Waals surface area contributed by atoms with Gasteiger partial charge in [0, 0.05) is 10.9 Å². The molecule has 1 N–H and O–H groups in total. The highest BCUT2D eigenvalue weighted by molar-refractivity contribution is 7.13. The smallest absolute Gasteiger partial charge is 0.0342 e. The zero-order chi connectivity index (χ0) is 12.8. The van der Waals surface area contributed by atoms with E-state index in [2.05, 4.69) is 60.9 Å². The first-order valence-electron chi connectivity index (χ1n) is 6.66. The molecule has 1 unspecified atom stereocenters. The normalized spacial score (nSPS) is 12.6. The molecule has 1 atom stereocenters. The minimum absolute atomic E-state index is 0.553. The molecule has 0 amide bonds. The van der Waals surface area contributed by atoms with E-state index in [4.69, 9.17) is 0 Å². The van der Waals surface area contributed by atoms with Crippen LogP contribution in [0.15, 0.2) is 41.8 Å². The lowest BCUT2D eigenvalue weighted by Crippen LogP contribution is -2.28. The van der Waals surface area contributed by atoms with Gasteiger partial charge in [-0.2, -0.15) is 0 Å². The summed E-state index contributed by atoms with van der Waals surface area (Å²) in [6.07, 6.45) is 2.30. The monoisotopic (exact) mass is 259 g/mol. The van der Waals surface area contributed by atoms with E-state index in [1.165, 1.54) is 22.4 Å². The summed E-state index contributed by atoms with van der Waals surface area (Å²) in [4.78, 5) is 1.35. The van der Waals surface area contributed by atoms with Gasteiger partial charge in [-0.1, -0.05) is 37.3 Å². The first-order valence-corrected chi connectivity index (χ1v) is 7.53. The highest BCUT2D eigenvalue weighted by Crippen LogP contribution is 2.24. The molecule has 2 rings (SSSR count). The van der Waals surface area contributed by atoms with Crippen molar-refractivity contribution >= 4 is 11.3 Å². The van der Waals surface area contributed by atoms with Gasteiger partial charge in [0.2, 0.25) is 0 Å². The quantitative estimate of drug-likeness (QED) is 0.813. The first-order chi connectivity index (χ1) is 8.79. The molecule has 0 saturated heterocycles. The van der Waals surface area contributed by atoms with Crippen molar-refractivity contribution in [2.75, 3.05) is 6.54 Å². The zero-order valence-electron chi connectivity index (χ0n) is 11.1. The number of thiophene rings is 1. The molecule has 0 spiro atoms. The molecular formula is C16H21NS. The largest absolute Gasteiger partial charge is 0.314 e. The van der Waals surface area contributed by atoms with Gasteiger partial charge in [-0.25, -0.2) is 0 Å². The third-order valence-corrected chi connectivity index (χ3v) is 3.96. The van der Waals surface area contributed by atoms with E-state index in [0.29, 0.717) is 6.04 Å². The summed E-state index contributed by atoms with van der Waals surface area (Å²) in [6.45, 7) is 5.56. The van der Waals surface area contributed by atoms with Crippen LogP contribution in [0.25, 0.3) is 10.4 Å². The number of hydrogen-bond donors (Lipinski definition) is 1. The average molecular weight is 259 g/mol. The molecule has 1 nitrogen and oxygen atoms in total. The summed E-state index contributed by atoms with van der Waals surface area (Å²) in [7, 11) is 0. The van der Waals surface area contributed by atoms with Gasteiger partial charge in [0.1, 0.15) is 0 Å². The van der Waals surface area contributed by atoms with Gasteiger partial charge in [-0.3, -0.25) is 0 Å². The highest BCUT2D eigenvalue weighted by Gasteiger charge is 2.03. The van der Waals surface area contributed by atoms with E-state index in [1.807, 2.05) is 0 Å². The fourth-order valence-electron chi connectivity index (χ4n) is 2.06. The second-order valence-corrected chi connectivity index (χ2v) is 5.68. The van der Waals surface area contributed by atoms with Crippen molar-refractivity contribution in [1.82, 2.24) is 5.32 Å². The zero-order valence-corrected chi connectivity index (χ0v) is 12.0. The second kappa shape index (κ2) is 6.72. The van der Waals surface area contributed by atoms with Crippen LogP contribution in [0, 0.1) is 0 Å². The third-order valence-electron chi connectivity index (χ3n) is 3.04. The number of hydrogen-bond acceptors (Lipinski definition) is 2. The van der Waals surface area contributed by atoms with Gasteiger partial charge in [-0.05, 0) is 48.9 Å². The van der Waals surface area contributed by atoms with Crippen LogP contribution in [0.4, 0.5) is 0 Å². The van der Waals surface area contributed by atoms with Crippen LogP contribution in [0.3, 0.4) is 0 Å². The Morgan fingerprint density at radius 2 is 1.94 bits per heavy atom. The van der Waals surface area contributed by atoms with Gasteiger partial charge >= 0.3 is 0 Å². The van der Waals surface area contributed by atoms with E-state index in [9.17, 15) is 0 Å². The molecular weight excluding hydrogens is 238 g/mol. The first kappa shape index (κ1) is 13.3. The SMILES string of the molecule is CCCNC(C)Cc1ccc(-c2cccs2)cc1. The number of nitrogens with one attached hydrogen (secondary N) is 1. The molecule has 0 fully saturated rings. The molecule has 2 aromatic rings. The Morgan fingerprint density at radius 1 is 1.17 bits per heavy atom. The molecule has 18 heavy (non-hydrogen) atoms. The Balaban J connectivity index is 1.95. The summed E-state index contributed by atoms with van der Waals surface area (Å²) in [6, 6.07) is 13.8. The Morgan fingerprint density at radius 3 is 2.56 bits per heavy atom. The second-order valence-electron chi connectivity index (χ2n) is 4.73. The van der Waals surface area contributed by atoms with Crippen molar-refractivity contribution in [3.8, 4) is 10.4 Å². The van der Waals surface area contributed by atoms with Gasteiger partial charge in [-0.15, -0.1) is 11.3 Å². The lowest BCUT2D eigenvalue weighted by atomic mass is 10.0. The minimum atomic E-state index is 0.553. The van der Waals surface area contributed by atoms with E-state index in [0.717, 1.165) is 13.0 Å². The maximum atomic E-state index is 3.52. The Hall–Kier alpha value is -1.12. The predicted octanol–water partition coefficient (Wildman–Crippen LogP) is 4.35. The highest BCUT2D eigenvalue weighted by atomic mass is 32.1. The Kier molecular flexibility index (Phi) is 4.97. The molecule has 2 heteroatoms. The summed E-state index contributed by atoms with van der Waals surface area (Å²) >= 11 is 1.79. The molecule has 1 aromatic heterocycles. The maximum Gasteiger partial charge on any atom is 0.0342 e. The molecule has 1 heterocycles. The van der Waals surface area contributed by atoms with Gasteiger partial charge in [0.25, 0.3) is 0 Å². The lowest BCUT2D eigenvalue weighted by molar-refractivity contribution is 0.543. The summed E-state index contributed by atoms with van der Waals surface area (Å²) in [5.41, 5.74) is 2.73. The third kappa shape index (κ3) is 3.69. The number of benzene rings is 1. The maximum absolute atomic E-state index is 3.52. The molecule has 96 valence electrons. The summed E-state index contributed by atoms with van der Waals surface area (Å²) < 4.78 is 0. The summed E-state index contributed by atoms with van der Waals surface area (Å²) in [5.74, 6) is 0. The fraction of sp³-hybridized carbons (Fsp3) is 0.375. The molecule has 0 aliphatic rings. The van der Waals surface area contributed by atoms with Crippen LogP contribution in [-0.4, -0.2) is 12.6 Å². The topological polar surface area (TPSA) is 12.0 Å². The van der Waals surface area contributed by atoms with Crippen LogP contribution >= 0.6 is 11.3 Å². The van der Waals surface area contributed by atoms with Gasteiger partial charge in [0.15, 0.2) is 0 Å². The molecule has 0 bridgehead atoms. The lowest BCUT2D eigenvalue weighted by Gasteiger charge is -2.13. The van der Waals surface area contributed by atoms with Crippen LogP contribution in [-0.2, 0) is 6.42 Å². The van der Waals surface area contributed by atoms with Gasteiger partial charge < -0.3 is 5.32 Å². The van der Waals surface area contributed by atoms with Crippen LogP contribution in [0.5, 0.6) is 0 Å². The van der Waals surface area contributed by atoms with Crippen LogP contribution in [0.2, 0.25) is 0 Å². The van der Waals surface area contributed by atoms with Crippen LogP contribution < -0.4 is 5.32 Å². The molecule has 0 radical (unpaired) electrons.